The fourth-order valence-electron chi connectivity index (χ4n) is 5.72. The molecule has 2 bridgehead atoms. The van der Waals surface area contributed by atoms with Gasteiger partial charge >= 0.3 is 11.9 Å². The van der Waals surface area contributed by atoms with Crippen LogP contribution >= 0.6 is 0 Å². The molecule has 0 spiro atoms. The molecule has 1 N–H and O–H groups in total. The van der Waals surface area contributed by atoms with Crippen LogP contribution in [0, 0.1) is 11.8 Å². The number of hydrogen-bond acceptors (Lipinski definition) is 9. The number of hydrogen-bond donors (Lipinski definition) is 1. The van der Waals surface area contributed by atoms with Crippen molar-refractivity contribution in [1.82, 2.24) is 0 Å². The number of rotatable bonds is 2. The monoisotopic (exact) mass is 368 g/mol. The van der Waals surface area contributed by atoms with Crippen LogP contribution in [0.25, 0.3) is 0 Å². The Morgan fingerprint density at radius 1 is 1.31 bits per heavy atom. The van der Waals surface area contributed by atoms with Crippen molar-refractivity contribution in [2.45, 2.75) is 68.4 Å². The van der Waals surface area contributed by atoms with E-state index in [0.29, 0.717) is 0 Å². The Hall–Kier alpha value is -1.52. The molecule has 3 aliphatic heterocycles. The number of esters is 2. The summed E-state index contributed by atoms with van der Waals surface area (Å²) in [4.78, 5) is 40.3. The molecule has 5 aliphatic rings. The number of carbonyl (C=O) groups excluding carboxylic acids is 2. The minimum absolute atomic E-state index is 0.0580. The summed E-state index contributed by atoms with van der Waals surface area (Å²) in [6, 6.07) is 0. The zero-order valence-electron chi connectivity index (χ0n) is 14.6. The first-order chi connectivity index (χ1) is 12.2. The Kier molecular flexibility index (Phi) is 2.98. The summed E-state index contributed by atoms with van der Waals surface area (Å²) in [7, 11) is 0. The summed E-state index contributed by atoms with van der Waals surface area (Å²) in [5.74, 6) is -2.12. The number of ether oxygens (including phenoxy) is 3. The van der Waals surface area contributed by atoms with Gasteiger partial charge in [0.15, 0.2) is 5.60 Å². The molecule has 3 heterocycles. The summed E-state index contributed by atoms with van der Waals surface area (Å²) in [5.41, 5.74) is -3.18. The summed E-state index contributed by atoms with van der Waals surface area (Å²) >= 11 is 0. The van der Waals surface area contributed by atoms with E-state index in [9.17, 15) is 14.8 Å². The highest BCUT2D eigenvalue weighted by Crippen LogP contribution is 2.71. The van der Waals surface area contributed by atoms with Crippen LogP contribution in [0.1, 0.15) is 27.2 Å². The highest BCUT2D eigenvalue weighted by atomic mass is 17.2. The van der Waals surface area contributed by atoms with Crippen molar-refractivity contribution < 1.29 is 43.7 Å². The second-order valence-corrected chi connectivity index (χ2v) is 8.19. The molecule has 26 heavy (non-hydrogen) atoms. The minimum Gasteiger partial charge on any atom is -0.462 e. The molecular formula is C17H20O9. The quantitative estimate of drug-likeness (QED) is 0.245. The molecule has 9 nitrogen and oxygen atoms in total. The van der Waals surface area contributed by atoms with Gasteiger partial charge in [0, 0.05) is 18.9 Å². The molecule has 2 aliphatic carbocycles. The van der Waals surface area contributed by atoms with Gasteiger partial charge in [-0.1, -0.05) is 6.58 Å². The predicted molar refractivity (Wildman–Crippen MR) is 80.3 cm³/mol. The largest absolute Gasteiger partial charge is 0.462 e. The van der Waals surface area contributed by atoms with Gasteiger partial charge in [-0.05, 0) is 13.8 Å². The molecule has 9 heteroatoms. The average molecular weight is 368 g/mol. The van der Waals surface area contributed by atoms with E-state index in [0.717, 1.165) is 0 Å². The first kappa shape index (κ1) is 16.6. The second-order valence-electron chi connectivity index (χ2n) is 8.19. The standard InChI is InChI=1S/C17H20O9/c1-6-9-8(21-7(2)18)5-15(3,24-20)17-11(10(9)22-14(6)19)16(4,25-26-17)12-13(17)23-12/h8-13,20H,1,5H2,2-4H3. The van der Waals surface area contributed by atoms with Crippen LogP contribution < -0.4 is 0 Å². The molecule has 142 valence electrons. The molecule has 0 aromatic carbocycles. The van der Waals surface area contributed by atoms with Crippen LogP contribution in [0.4, 0.5) is 0 Å². The summed E-state index contributed by atoms with van der Waals surface area (Å²) in [6.07, 6.45) is -2.05. The van der Waals surface area contributed by atoms with Crippen molar-refractivity contribution in [2.24, 2.45) is 11.8 Å². The van der Waals surface area contributed by atoms with Gasteiger partial charge in [0.2, 0.25) is 0 Å². The van der Waals surface area contributed by atoms with Crippen molar-refractivity contribution in [3.05, 3.63) is 12.2 Å². The summed E-state index contributed by atoms with van der Waals surface area (Å²) in [5, 5.41) is 9.83. The molecule has 5 rings (SSSR count). The fourth-order valence-corrected chi connectivity index (χ4v) is 5.72. The Morgan fingerprint density at radius 2 is 2.04 bits per heavy atom. The lowest BCUT2D eigenvalue weighted by Crippen LogP contribution is -2.61. The first-order valence-corrected chi connectivity index (χ1v) is 8.61. The molecule has 3 saturated heterocycles. The van der Waals surface area contributed by atoms with E-state index >= 15 is 0 Å². The van der Waals surface area contributed by atoms with Gasteiger partial charge in [0.05, 0.1) is 11.8 Å². The maximum atomic E-state index is 12.3. The molecule has 9 atom stereocenters. The normalized spacial score (nSPS) is 56.3. The van der Waals surface area contributed by atoms with E-state index in [-0.39, 0.29) is 24.2 Å². The molecule has 0 radical (unpaired) electrons. The van der Waals surface area contributed by atoms with E-state index in [4.69, 9.17) is 28.9 Å². The SMILES string of the molecule is C=C1C(=O)OC2C1C(OC(C)=O)CC(C)(OO)C13OOC(C)(C4OC41)C23. The van der Waals surface area contributed by atoms with Gasteiger partial charge in [-0.2, -0.15) is 0 Å². The lowest BCUT2D eigenvalue weighted by atomic mass is 9.70. The van der Waals surface area contributed by atoms with Crippen molar-refractivity contribution in [3.8, 4) is 0 Å². The maximum absolute atomic E-state index is 12.3. The van der Waals surface area contributed by atoms with Gasteiger partial charge in [0.25, 0.3) is 0 Å². The highest BCUT2D eigenvalue weighted by molar-refractivity contribution is 5.91. The lowest BCUT2D eigenvalue weighted by Gasteiger charge is -2.42. The fraction of sp³-hybridized carbons (Fsp3) is 0.765. The van der Waals surface area contributed by atoms with E-state index in [2.05, 4.69) is 6.58 Å². The number of fused-ring (bicyclic) bond motifs is 3. The molecule has 2 saturated carbocycles. The second kappa shape index (κ2) is 4.66. The van der Waals surface area contributed by atoms with Gasteiger partial charge in [0.1, 0.15) is 35.6 Å². The molecule has 0 amide bonds. The minimum atomic E-state index is -1.32. The number of carbonyl (C=O) groups is 2. The van der Waals surface area contributed by atoms with E-state index in [1.54, 1.807) is 6.92 Å². The van der Waals surface area contributed by atoms with Crippen molar-refractivity contribution >= 4 is 11.9 Å². The van der Waals surface area contributed by atoms with E-state index in [1.807, 2.05) is 6.92 Å². The third-order valence-corrected chi connectivity index (χ3v) is 6.84. The predicted octanol–water partition coefficient (Wildman–Crippen LogP) is 0.524. The zero-order chi connectivity index (χ0) is 18.6. The summed E-state index contributed by atoms with van der Waals surface area (Å²) < 4.78 is 16.9. The molecule has 9 unspecified atom stereocenters. The molecule has 0 aromatic rings. The Balaban J connectivity index is 1.69. The smallest absolute Gasteiger partial charge is 0.334 e. The molecule has 5 fully saturated rings. The van der Waals surface area contributed by atoms with Crippen molar-refractivity contribution in [2.75, 3.05) is 0 Å². The molecular weight excluding hydrogens is 348 g/mol. The highest BCUT2D eigenvalue weighted by Gasteiger charge is 2.91. The van der Waals surface area contributed by atoms with Crippen LogP contribution in [-0.4, -0.2) is 58.4 Å². The van der Waals surface area contributed by atoms with Crippen LogP contribution in [0.15, 0.2) is 12.2 Å². The van der Waals surface area contributed by atoms with Gasteiger partial charge in [-0.25, -0.2) is 19.5 Å². The molecule has 0 aromatic heterocycles. The third-order valence-electron chi connectivity index (χ3n) is 6.84. The van der Waals surface area contributed by atoms with Gasteiger partial charge in [-0.3, -0.25) is 10.1 Å². The lowest BCUT2D eigenvalue weighted by molar-refractivity contribution is -0.430. The van der Waals surface area contributed by atoms with Crippen LogP contribution in [0.5, 0.6) is 0 Å². The van der Waals surface area contributed by atoms with Crippen molar-refractivity contribution in [3.63, 3.8) is 0 Å². The van der Waals surface area contributed by atoms with Crippen LogP contribution in [-0.2, 0) is 38.5 Å². The van der Waals surface area contributed by atoms with E-state index < -0.39 is 52.8 Å². The topological polar surface area (TPSA) is 113 Å². The average Bonchev–Trinajstić information content (AvgIpc) is 3.23. The Morgan fingerprint density at radius 3 is 2.69 bits per heavy atom. The van der Waals surface area contributed by atoms with Crippen LogP contribution in [0.2, 0.25) is 0 Å². The van der Waals surface area contributed by atoms with Crippen molar-refractivity contribution in [1.29, 1.82) is 0 Å². The van der Waals surface area contributed by atoms with Gasteiger partial charge in [-0.15, -0.1) is 0 Å². The zero-order valence-corrected chi connectivity index (χ0v) is 14.6. The Bertz CT molecular complexity index is 736. The third kappa shape index (κ3) is 1.60. The van der Waals surface area contributed by atoms with Gasteiger partial charge < -0.3 is 14.2 Å². The van der Waals surface area contributed by atoms with E-state index in [1.165, 1.54) is 6.92 Å². The Labute approximate surface area is 149 Å². The first-order valence-electron chi connectivity index (χ1n) is 8.61. The van der Waals surface area contributed by atoms with Crippen LogP contribution in [0.3, 0.4) is 0 Å². The number of epoxide rings is 1. The maximum Gasteiger partial charge on any atom is 0.334 e. The summed E-state index contributed by atoms with van der Waals surface area (Å²) in [6.45, 7) is 8.61.